The highest BCUT2D eigenvalue weighted by atomic mass is 35.5. The van der Waals surface area contributed by atoms with E-state index in [0.29, 0.717) is 17.3 Å². The van der Waals surface area contributed by atoms with E-state index in [1.165, 1.54) is 0 Å². The van der Waals surface area contributed by atoms with Crippen molar-refractivity contribution in [2.45, 2.75) is 6.54 Å². The van der Waals surface area contributed by atoms with E-state index in [1.54, 1.807) is 12.1 Å². The zero-order valence-electron chi connectivity index (χ0n) is 8.65. The van der Waals surface area contributed by atoms with Crippen LogP contribution in [0.25, 0.3) is 0 Å². The Balaban J connectivity index is 2.02. The maximum atomic E-state index is 9.57. The molecular weight excluding hydrogens is 222 g/mol. The van der Waals surface area contributed by atoms with Crippen LogP contribution < -0.4 is 5.32 Å². The molecule has 2 aromatic carbocycles. The Labute approximate surface area is 99.5 Å². The molecule has 82 valence electrons. The molecule has 0 atom stereocenters. The third kappa shape index (κ3) is 2.67. The second-order valence-corrected chi connectivity index (χ2v) is 3.93. The Morgan fingerprint density at radius 2 is 1.69 bits per heavy atom. The van der Waals surface area contributed by atoms with Crippen LogP contribution in [0.1, 0.15) is 5.56 Å². The predicted octanol–water partition coefficient (Wildman–Crippen LogP) is 3.66. The highest BCUT2D eigenvalue weighted by Gasteiger charge is 1.98. The van der Waals surface area contributed by atoms with Gasteiger partial charge in [0.15, 0.2) is 0 Å². The van der Waals surface area contributed by atoms with Crippen molar-refractivity contribution in [3.05, 3.63) is 59.1 Å². The maximum Gasteiger partial charge on any atom is 0.120 e. The fourth-order valence-electron chi connectivity index (χ4n) is 1.43. The number of para-hydroxylation sites is 1. The smallest absolute Gasteiger partial charge is 0.120 e. The third-order valence-corrected chi connectivity index (χ3v) is 2.57. The number of rotatable bonds is 3. The second kappa shape index (κ2) is 4.90. The van der Waals surface area contributed by atoms with E-state index < -0.39 is 0 Å². The van der Waals surface area contributed by atoms with Crippen LogP contribution in [0.3, 0.4) is 0 Å². The molecule has 0 saturated heterocycles. The summed E-state index contributed by atoms with van der Waals surface area (Å²) >= 11 is 5.79. The van der Waals surface area contributed by atoms with Crippen LogP contribution in [0.4, 0.5) is 5.69 Å². The molecule has 2 aromatic rings. The molecule has 0 radical (unpaired) electrons. The van der Waals surface area contributed by atoms with Gasteiger partial charge in [-0.05, 0) is 30.3 Å². The number of nitrogens with one attached hydrogen (secondary N) is 1. The molecule has 0 saturated carbocycles. The molecule has 0 aliphatic carbocycles. The van der Waals surface area contributed by atoms with Crippen molar-refractivity contribution < 1.29 is 5.11 Å². The van der Waals surface area contributed by atoms with Gasteiger partial charge in [0.2, 0.25) is 0 Å². The van der Waals surface area contributed by atoms with E-state index in [-0.39, 0.29) is 0 Å². The molecule has 0 aliphatic rings. The standard InChI is InChI=1S/C13H12ClNO/c14-11-5-7-12(8-6-11)15-9-10-3-1-2-4-13(10)16/h1-8,15-16H,9H2. The van der Waals surface area contributed by atoms with Gasteiger partial charge in [0.1, 0.15) is 5.75 Å². The molecule has 3 heteroatoms. The molecule has 0 bridgehead atoms. The Hall–Kier alpha value is -1.67. The lowest BCUT2D eigenvalue weighted by molar-refractivity contribution is 0.469. The number of benzene rings is 2. The molecule has 2 N–H and O–H groups in total. The van der Waals surface area contributed by atoms with Crippen LogP contribution in [0, 0.1) is 0 Å². The van der Waals surface area contributed by atoms with Crippen molar-refractivity contribution in [1.29, 1.82) is 0 Å². The topological polar surface area (TPSA) is 32.3 Å². The molecule has 0 aromatic heterocycles. The normalized spacial score (nSPS) is 10.1. The summed E-state index contributed by atoms with van der Waals surface area (Å²) in [7, 11) is 0. The first-order chi connectivity index (χ1) is 7.75. The number of hydrogen-bond acceptors (Lipinski definition) is 2. The molecule has 0 unspecified atom stereocenters. The molecule has 2 nitrogen and oxygen atoms in total. The van der Waals surface area contributed by atoms with Crippen LogP contribution >= 0.6 is 11.6 Å². The number of anilines is 1. The highest BCUT2D eigenvalue weighted by molar-refractivity contribution is 6.30. The number of hydrogen-bond donors (Lipinski definition) is 2. The van der Waals surface area contributed by atoms with Gasteiger partial charge in [0.25, 0.3) is 0 Å². The Morgan fingerprint density at radius 1 is 1.00 bits per heavy atom. The summed E-state index contributed by atoms with van der Waals surface area (Å²) in [6, 6.07) is 14.7. The molecular formula is C13H12ClNO. The van der Waals surface area contributed by atoms with Crippen molar-refractivity contribution in [3.63, 3.8) is 0 Å². The first-order valence-corrected chi connectivity index (χ1v) is 5.40. The van der Waals surface area contributed by atoms with Gasteiger partial charge in [-0.25, -0.2) is 0 Å². The monoisotopic (exact) mass is 233 g/mol. The van der Waals surface area contributed by atoms with E-state index in [4.69, 9.17) is 11.6 Å². The first-order valence-electron chi connectivity index (χ1n) is 5.02. The Morgan fingerprint density at radius 3 is 2.38 bits per heavy atom. The van der Waals surface area contributed by atoms with Gasteiger partial charge in [0, 0.05) is 22.8 Å². The van der Waals surface area contributed by atoms with Crippen molar-refractivity contribution in [2.24, 2.45) is 0 Å². The van der Waals surface area contributed by atoms with Crippen molar-refractivity contribution in [1.82, 2.24) is 0 Å². The first kappa shape index (κ1) is 10.8. The van der Waals surface area contributed by atoms with Crippen LogP contribution in [-0.4, -0.2) is 5.11 Å². The second-order valence-electron chi connectivity index (χ2n) is 3.49. The maximum absolute atomic E-state index is 9.57. The van der Waals surface area contributed by atoms with E-state index in [1.807, 2.05) is 36.4 Å². The fourth-order valence-corrected chi connectivity index (χ4v) is 1.55. The van der Waals surface area contributed by atoms with E-state index in [9.17, 15) is 5.11 Å². The minimum absolute atomic E-state index is 0.309. The van der Waals surface area contributed by atoms with Crippen LogP contribution in [0.2, 0.25) is 5.02 Å². The average molecular weight is 234 g/mol. The van der Waals surface area contributed by atoms with Crippen LogP contribution in [0.5, 0.6) is 5.75 Å². The molecule has 0 spiro atoms. The summed E-state index contributed by atoms with van der Waals surface area (Å²) in [6.07, 6.45) is 0. The quantitative estimate of drug-likeness (QED) is 0.848. The number of phenolic OH excluding ortho intramolecular Hbond substituents is 1. The van der Waals surface area contributed by atoms with Crippen molar-refractivity contribution in [3.8, 4) is 5.75 Å². The Kier molecular flexibility index (Phi) is 3.32. The van der Waals surface area contributed by atoms with Gasteiger partial charge < -0.3 is 10.4 Å². The lowest BCUT2D eigenvalue weighted by Gasteiger charge is -2.07. The highest BCUT2D eigenvalue weighted by Crippen LogP contribution is 2.18. The minimum Gasteiger partial charge on any atom is -0.508 e. The molecule has 2 rings (SSSR count). The van der Waals surface area contributed by atoms with Gasteiger partial charge >= 0.3 is 0 Å². The number of phenols is 1. The fraction of sp³-hybridized carbons (Fsp3) is 0.0769. The van der Waals surface area contributed by atoms with Gasteiger partial charge in [-0.3, -0.25) is 0 Å². The van der Waals surface area contributed by atoms with Gasteiger partial charge in [-0.1, -0.05) is 29.8 Å². The summed E-state index contributed by atoms with van der Waals surface area (Å²) in [5, 5.41) is 13.5. The van der Waals surface area contributed by atoms with Gasteiger partial charge in [0.05, 0.1) is 0 Å². The lowest BCUT2D eigenvalue weighted by atomic mass is 10.2. The molecule has 0 heterocycles. The molecule has 0 aliphatic heterocycles. The molecule has 0 fully saturated rings. The summed E-state index contributed by atoms with van der Waals surface area (Å²) in [5.41, 5.74) is 1.85. The van der Waals surface area contributed by atoms with E-state index >= 15 is 0 Å². The minimum atomic E-state index is 0.309. The van der Waals surface area contributed by atoms with Crippen molar-refractivity contribution >= 4 is 17.3 Å². The summed E-state index contributed by atoms with van der Waals surface area (Å²) in [4.78, 5) is 0. The van der Waals surface area contributed by atoms with E-state index in [0.717, 1.165) is 11.3 Å². The number of halogens is 1. The van der Waals surface area contributed by atoms with Crippen LogP contribution in [-0.2, 0) is 6.54 Å². The lowest BCUT2D eigenvalue weighted by Crippen LogP contribution is -1.99. The van der Waals surface area contributed by atoms with E-state index in [2.05, 4.69) is 5.32 Å². The van der Waals surface area contributed by atoms with Gasteiger partial charge in [-0.15, -0.1) is 0 Å². The summed E-state index contributed by atoms with van der Waals surface area (Å²) in [5.74, 6) is 0.309. The van der Waals surface area contributed by atoms with Crippen LogP contribution in [0.15, 0.2) is 48.5 Å². The zero-order chi connectivity index (χ0) is 11.4. The summed E-state index contributed by atoms with van der Waals surface area (Å²) < 4.78 is 0. The molecule has 16 heavy (non-hydrogen) atoms. The Bertz CT molecular complexity index is 468. The largest absolute Gasteiger partial charge is 0.508 e. The van der Waals surface area contributed by atoms with Gasteiger partial charge in [-0.2, -0.15) is 0 Å². The predicted molar refractivity (Wildman–Crippen MR) is 66.9 cm³/mol. The summed E-state index contributed by atoms with van der Waals surface area (Å²) in [6.45, 7) is 0.592. The number of aromatic hydroxyl groups is 1. The zero-order valence-corrected chi connectivity index (χ0v) is 9.41. The van der Waals surface area contributed by atoms with Crippen molar-refractivity contribution in [2.75, 3.05) is 5.32 Å². The average Bonchev–Trinajstić information content (AvgIpc) is 2.30. The third-order valence-electron chi connectivity index (χ3n) is 2.32. The molecule has 0 amide bonds. The SMILES string of the molecule is Oc1ccccc1CNc1ccc(Cl)cc1.